The van der Waals surface area contributed by atoms with E-state index in [0.29, 0.717) is 5.56 Å². The summed E-state index contributed by atoms with van der Waals surface area (Å²) >= 11 is 0. The highest BCUT2D eigenvalue weighted by molar-refractivity contribution is 6.00. The number of likely N-dealkylation sites (tertiary alicyclic amines) is 1. The quantitative estimate of drug-likeness (QED) is 0.269. The van der Waals surface area contributed by atoms with Crippen molar-refractivity contribution >= 4 is 22.9 Å². The van der Waals surface area contributed by atoms with E-state index in [0.717, 1.165) is 41.9 Å². The van der Waals surface area contributed by atoms with Gasteiger partial charge < -0.3 is 0 Å². The molecule has 4 nitrogen and oxygen atoms in total. The van der Waals surface area contributed by atoms with Crippen molar-refractivity contribution in [3.05, 3.63) is 119 Å². The number of fused-ring (bicyclic) bond motifs is 1. The highest BCUT2D eigenvalue weighted by Gasteiger charge is 2.19. The Balaban J connectivity index is 1.11. The molecule has 0 radical (unpaired) electrons. The number of benzene rings is 4. The summed E-state index contributed by atoms with van der Waals surface area (Å²) in [6, 6.07) is 32.9. The summed E-state index contributed by atoms with van der Waals surface area (Å²) in [4.78, 5) is 15.1. The van der Waals surface area contributed by atoms with Crippen molar-refractivity contribution in [2.75, 3.05) is 13.1 Å². The van der Waals surface area contributed by atoms with E-state index < -0.39 is 0 Å². The van der Waals surface area contributed by atoms with Crippen LogP contribution in [0.2, 0.25) is 0 Å². The lowest BCUT2D eigenvalue weighted by molar-refractivity contribution is 0.0955. The predicted molar refractivity (Wildman–Crippen MR) is 144 cm³/mol. The summed E-state index contributed by atoms with van der Waals surface area (Å²) < 4.78 is 0. The number of carbonyl (C=O) groups excluding carboxylic acids is 1. The van der Waals surface area contributed by atoms with Crippen molar-refractivity contribution in [2.45, 2.75) is 25.8 Å². The Morgan fingerprint density at radius 1 is 0.829 bits per heavy atom. The molecule has 5 rings (SSSR count). The Kier molecular flexibility index (Phi) is 7.30. The molecular weight excluding hydrogens is 430 g/mol. The number of hydrogen-bond acceptors (Lipinski definition) is 3. The van der Waals surface area contributed by atoms with E-state index >= 15 is 0 Å². The molecule has 1 aliphatic heterocycles. The first-order valence-corrected chi connectivity index (χ1v) is 12.4. The smallest absolute Gasteiger partial charge is 0.271 e. The molecule has 0 saturated carbocycles. The van der Waals surface area contributed by atoms with E-state index in [-0.39, 0.29) is 5.91 Å². The summed E-state index contributed by atoms with van der Waals surface area (Å²) in [7, 11) is 0. The number of nitrogens with zero attached hydrogens (tertiary/aromatic N) is 2. The molecule has 176 valence electrons. The van der Waals surface area contributed by atoms with Gasteiger partial charge in [-0.1, -0.05) is 84.9 Å². The van der Waals surface area contributed by atoms with Gasteiger partial charge in [0.2, 0.25) is 0 Å². The molecule has 4 aromatic carbocycles. The van der Waals surface area contributed by atoms with Gasteiger partial charge in [-0.2, -0.15) is 5.10 Å². The first-order chi connectivity index (χ1) is 17.2. The van der Waals surface area contributed by atoms with Crippen molar-refractivity contribution in [3.8, 4) is 0 Å². The van der Waals surface area contributed by atoms with Gasteiger partial charge in [0, 0.05) is 17.7 Å². The van der Waals surface area contributed by atoms with Gasteiger partial charge in [0.1, 0.15) is 0 Å². The number of hydrogen-bond donors (Lipinski definition) is 1. The lowest BCUT2D eigenvalue weighted by Crippen LogP contribution is -2.33. The minimum Gasteiger partial charge on any atom is -0.299 e. The molecule has 1 aliphatic rings. The fraction of sp³-hybridized carbons (Fsp3) is 0.226. The zero-order chi connectivity index (χ0) is 23.9. The third kappa shape index (κ3) is 6.03. The van der Waals surface area contributed by atoms with Crippen LogP contribution in [-0.4, -0.2) is 30.1 Å². The van der Waals surface area contributed by atoms with Gasteiger partial charge in [0.25, 0.3) is 5.91 Å². The second-order valence-corrected chi connectivity index (χ2v) is 9.37. The van der Waals surface area contributed by atoms with Crippen LogP contribution in [-0.2, 0) is 13.0 Å². The fourth-order valence-corrected chi connectivity index (χ4v) is 4.90. The van der Waals surface area contributed by atoms with Gasteiger partial charge in [-0.3, -0.25) is 9.69 Å². The fourth-order valence-electron chi connectivity index (χ4n) is 4.90. The Bertz CT molecular complexity index is 1280. The molecule has 1 heterocycles. The van der Waals surface area contributed by atoms with E-state index in [4.69, 9.17) is 0 Å². The predicted octanol–water partition coefficient (Wildman–Crippen LogP) is 6.06. The normalized spacial score (nSPS) is 15.0. The molecule has 1 amide bonds. The monoisotopic (exact) mass is 461 g/mol. The van der Waals surface area contributed by atoms with Crippen LogP contribution >= 0.6 is 0 Å². The van der Waals surface area contributed by atoms with Crippen LogP contribution in [0.25, 0.3) is 10.8 Å². The second kappa shape index (κ2) is 11.1. The van der Waals surface area contributed by atoms with Gasteiger partial charge in [-0.15, -0.1) is 0 Å². The van der Waals surface area contributed by atoms with E-state index in [1.807, 2.05) is 36.4 Å². The minimum atomic E-state index is -0.199. The average molecular weight is 462 g/mol. The number of amides is 1. The Morgan fingerprint density at radius 2 is 1.54 bits per heavy atom. The summed E-state index contributed by atoms with van der Waals surface area (Å²) in [5, 5.41) is 6.45. The Morgan fingerprint density at radius 3 is 2.34 bits per heavy atom. The molecule has 0 aromatic heterocycles. The van der Waals surface area contributed by atoms with Crippen molar-refractivity contribution in [1.29, 1.82) is 0 Å². The Labute approximate surface area is 207 Å². The third-order valence-electron chi connectivity index (χ3n) is 6.89. The largest absolute Gasteiger partial charge is 0.299 e. The van der Waals surface area contributed by atoms with Crippen molar-refractivity contribution in [3.63, 3.8) is 0 Å². The molecule has 1 N–H and O–H groups in total. The molecule has 1 saturated heterocycles. The van der Waals surface area contributed by atoms with E-state index in [1.54, 1.807) is 6.21 Å². The maximum absolute atomic E-state index is 12.6. The van der Waals surface area contributed by atoms with Gasteiger partial charge >= 0.3 is 0 Å². The van der Waals surface area contributed by atoms with Crippen LogP contribution in [0.3, 0.4) is 0 Å². The van der Waals surface area contributed by atoms with Gasteiger partial charge in [-0.25, -0.2) is 5.43 Å². The number of nitrogens with one attached hydrogen (secondary N) is 1. The standard InChI is InChI=1S/C31H31N3O/c35-31(33-32-22-29-11-6-10-27-9-4-5-12-30(27)29)28-15-13-26(14-16-28)23-34-19-17-25(18-20-34)21-24-7-2-1-3-8-24/h1-16,22,25H,17-21,23H2,(H,33,35)/b32-22-. The van der Waals surface area contributed by atoms with Crippen LogP contribution in [0.5, 0.6) is 0 Å². The topological polar surface area (TPSA) is 44.7 Å². The molecule has 4 aromatic rings. The molecule has 0 aliphatic carbocycles. The number of rotatable bonds is 7. The highest BCUT2D eigenvalue weighted by Crippen LogP contribution is 2.23. The van der Waals surface area contributed by atoms with Crippen LogP contribution < -0.4 is 5.43 Å². The summed E-state index contributed by atoms with van der Waals surface area (Å²) in [5.41, 5.74) is 6.94. The zero-order valence-corrected chi connectivity index (χ0v) is 19.9. The molecule has 0 unspecified atom stereocenters. The number of carbonyl (C=O) groups is 1. The average Bonchev–Trinajstić information content (AvgIpc) is 2.91. The minimum absolute atomic E-state index is 0.199. The number of piperidine rings is 1. The zero-order valence-electron chi connectivity index (χ0n) is 19.9. The molecule has 35 heavy (non-hydrogen) atoms. The van der Waals surface area contributed by atoms with E-state index in [9.17, 15) is 4.79 Å². The summed E-state index contributed by atoms with van der Waals surface area (Å²) in [6.45, 7) is 3.18. The Hall–Kier alpha value is -3.76. The first kappa shape index (κ1) is 23.0. The van der Waals surface area contributed by atoms with Crippen molar-refractivity contribution < 1.29 is 4.79 Å². The summed E-state index contributed by atoms with van der Waals surface area (Å²) in [5.74, 6) is 0.573. The molecule has 4 heteroatoms. The molecular formula is C31H31N3O. The molecule has 0 atom stereocenters. The van der Waals surface area contributed by atoms with Gasteiger partial charge in [0.15, 0.2) is 0 Å². The maximum atomic E-state index is 12.6. The van der Waals surface area contributed by atoms with Crippen molar-refractivity contribution in [1.82, 2.24) is 10.3 Å². The maximum Gasteiger partial charge on any atom is 0.271 e. The van der Waals surface area contributed by atoms with E-state index in [2.05, 4.69) is 76.1 Å². The molecule has 1 fully saturated rings. The van der Waals surface area contributed by atoms with E-state index in [1.165, 1.54) is 30.4 Å². The molecule has 0 spiro atoms. The third-order valence-corrected chi connectivity index (χ3v) is 6.89. The summed E-state index contributed by atoms with van der Waals surface area (Å²) in [6.07, 6.45) is 5.37. The number of hydrazone groups is 1. The van der Waals surface area contributed by atoms with Gasteiger partial charge in [-0.05, 0) is 72.3 Å². The molecule has 0 bridgehead atoms. The lowest BCUT2D eigenvalue weighted by Gasteiger charge is -2.32. The highest BCUT2D eigenvalue weighted by atomic mass is 16.2. The van der Waals surface area contributed by atoms with Crippen LogP contribution in [0, 0.1) is 5.92 Å². The van der Waals surface area contributed by atoms with Crippen molar-refractivity contribution in [2.24, 2.45) is 11.0 Å². The SMILES string of the molecule is O=C(N/N=C\c1cccc2ccccc12)c1ccc(CN2CCC(Cc3ccccc3)CC2)cc1. The van der Waals surface area contributed by atoms with Gasteiger partial charge in [0.05, 0.1) is 6.21 Å². The van der Waals surface area contributed by atoms with Crippen LogP contribution in [0.4, 0.5) is 0 Å². The second-order valence-electron chi connectivity index (χ2n) is 9.37. The van der Waals surface area contributed by atoms with Crippen LogP contribution in [0.1, 0.15) is 39.9 Å². The van der Waals surface area contributed by atoms with Crippen LogP contribution in [0.15, 0.2) is 102 Å². The lowest BCUT2D eigenvalue weighted by atomic mass is 9.90. The first-order valence-electron chi connectivity index (χ1n) is 12.4.